The number of hydrogen-bond acceptors (Lipinski definition) is 16. The molecular formula is C45H53N3O16S2. The van der Waals surface area contributed by atoms with Crippen molar-refractivity contribution >= 4 is 81.9 Å². The minimum atomic E-state index is -1.36. The fraction of sp³-hybridized carbons (Fsp3) is 0.422. The fourth-order valence-corrected chi connectivity index (χ4v) is 7.12. The molecule has 21 heteroatoms. The number of aromatic carboxylic acids is 1. The predicted octanol–water partition coefficient (Wildman–Crippen LogP) is 4.17. The summed E-state index contributed by atoms with van der Waals surface area (Å²) in [7, 11) is 0. The first kappa shape index (κ1) is 52.8. The molecular weight excluding hydrogens is 903 g/mol. The molecule has 2 aromatic carbocycles. The number of fused-ring (bicyclic) bond motifs is 2. The number of amides is 1. The highest BCUT2D eigenvalue weighted by Gasteiger charge is 2.30. The van der Waals surface area contributed by atoms with E-state index in [-0.39, 0.29) is 78.7 Å². The largest absolute Gasteiger partial charge is 0.508 e. The molecule has 0 saturated heterocycles. The van der Waals surface area contributed by atoms with Crippen LogP contribution in [0.1, 0.15) is 55.3 Å². The maximum absolute atomic E-state index is 12.6. The zero-order chi connectivity index (χ0) is 48.2. The van der Waals surface area contributed by atoms with E-state index in [0.29, 0.717) is 78.6 Å². The minimum absolute atomic E-state index is 0.00245. The van der Waals surface area contributed by atoms with Crippen molar-refractivity contribution in [3.05, 3.63) is 70.4 Å². The third kappa shape index (κ3) is 16.9. The summed E-state index contributed by atoms with van der Waals surface area (Å²) >= 11 is 9.35. The van der Waals surface area contributed by atoms with E-state index in [2.05, 4.69) is 23.3 Å². The number of aromatic hydroxyl groups is 1. The van der Waals surface area contributed by atoms with E-state index in [4.69, 9.17) is 51.5 Å². The normalized spacial score (nSPS) is 12.6. The first-order valence-electron chi connectivity index (χ1n) is 20.9. The molecule has 2 aromatic rings. The molecule has 1 amide bonds. The molecule has 1 heterocycles. The number of hydrogen-bond donors (Lipinski definition) is 8. The SMILES string of the molecule is N[C@@H](CCC(=O)CCOCCOCCOCCOCCCC(=S)Nc1ccc(-c2c3ccc(=O)cc-3oc3cc(O)ccc23)c(C(=O)O)c1)C(=O)C[C@@H](CC(=O)O)C(=O)N[C@@H](CS)C(=O)O. The minimum Gasteiger partial charge on any atom is -0.508 e. The van der Waals surface area contributed by atoms with Gasteiger partial charge in [0.1, 0.15) is 34.7 Å². The Labute approximate surface area is 389 Å². The van der Waals surface area contributed by atoms with Crippen LogP contribution in [-0.4, -0.2) is 131 Å². The lowest BCUT2D eigenvalue weighted by Crippen LogP contribution is -2.46. The molecule has 0 unspecified atom stereocenters. The number of aliphatic carboxylic acids is 2. The Morgan fingerprint density at radius 1 is 0.773 bits per heavy atom. The smallest absolute Gasteiger partial charge is 0.336 e. The molecule has 0 spiro atoms. The van der Waals surface area contributed by atoms with E-state index in [1.54, 1.807) is 24.3 Å². The van der Waals surface area contributed by atoms with Crippen molar-refractivity contribution in [2.24, 2.45) is 11.7 Å². The Morgan fingerprint density at radius 2 is 1.42 bits per heavy atom. The molecule has 0 bridgehead atoms. The summed E-state index contributed by atoms with van der Waals surface area (Å²) in [5.41, 5.74) is 7.86. The number of benzene rings is 3. The second-order valence-electron chi connectivity index (χ2n) is 15.0. The molecule has 3 atom stereocenters. The highest BCUT2D eigenvalue weighted by molar-refractivity contribution is 7.80. The van der Waals surface area contributed by atoms with Gasteiger partial charge in [0.15, 0.2) is 5.43 Å². The number of nitrogens with two attached hydrogens (primary N) is 1. The predicted molar refractivity (Wildman–Crippen MR) is 248 cm³/mol. The first-order valence-corrected chi connectivity index (χ1v) is 22.0. The van der Waals surface area contributed by atoms with E-state index in [1.165, 1.54) is 30.3 Å². The number of carbonyl (C=O) groups excluding carboxylic acids is 3. The van der Waals surface area contributed by atoms with Crippen LogP contribution in [0.15, 0.2) is 63.8 Å². The summed E-state index contributed by atoms with van der Waals surface area (Å²) in [5.74, 6) is -7.01. The van der Waals surface area contributed by atoms with Gasteiger partial charge in [-0.1, -0.05) is 18.3 Å². The number of carboxylic acid groups (broad SMARTS) is 3. The van der Waals surface area contributed by atoms with E-state index >= 15 is 0 Å². The Kier molecular flexibility index (Phi) is 21.6. The third-order valence-corrected chi connectivity index (χ3v) is 10.7. The Balaban J connectivity index is 1.04. The van der Waals surface area contributed by atoms with Gasteiger partial charge >= 0.3 is 17.9 Å². The standard InChI is InChI=1S/C45H53N3O16S2/c46-35(37(52)20-26(21-41(53)54)43(55)48-36(25-65)45(58)59)10-6-28(49)11-13-61-15-17-63-19-18-62-16-14-60-12-1-2-40(66)47-27-3-7-31(34(22-27)44(56)57)42-32-8-4-29(50)23-38(32)64-39-24-30(51)5-9-33(39)42/h3-5,7-9,22-24,26,35-36,50,65H,1-2,6,10-21,25,46H2,(H,47,66)(H,48,55)(H,53,54)(H,56,57)(H,58,59)/t26-,35-,36-/m0/s1. The van der Waals surface area contributed by atoms with Gasteiger partial charge in [-0.05, 0) is 54.8 Å². The van der Waals surface area contributed by atoms with Crippen molar-refractivity contribution in [2.75, 3.05) is 63.9 Å². The van der Waals surface area contributed by atoms with Crippen LogP contribution in [0.5, 0.6) is 5.75 Å². The van der Waals surface area contributed by atoms with Crippen molar-refractivity contribution in [2.45, 2.75) is 57.0 Å². The number of thiol groups is 1. The summed E-state index contributed by atoms with van der Waals surface area (Å²) in [4.78, 5) is 84.9. The van der Waals surface area contributed by atoms with Gasteiger partial charge in [0.05, 0.1) is 75.2 Å². The van der Waals surface area contributed by atoms with Crippen LogP contribution in [0.3, 0.4) is 0 Å². The summed E-state index contributed by atoms with van der Waals surface area (Å²) in [6.45, 7) is 2.35. The summed E-state index contributed by atoms with van der Waals surface area (Å²) in [6.07, 6.45) is -0.136. The second-order valence-corrected chi connectivity index (χ2v) is 15.8. The highest BCUT2D eigenvalue weighted by Crippen LogP contribution is 2.42. The number of carbonyl (C=O) groups is 6. The number of nitrogens with one attached hydrogen (secondary N) is 2. The number of ether oxygens (including phenoxy) is 4. The third-order valence-electron chi connectivity index (χ3n) is 10.00. The van der Waals surface area contributed by atoms with Gasteiger partial charge in [0.25, 0.3) is 0 Å². The van der Waals surface area contributed by atoms with E-state index < -0.39 is 60.4 Å². The number of phenolic OH excluding ortho intramolecular Hbond substituents is 1. The number of Topliss-reactive ketones (excluding diaryl/α,β-unsaturated/α-hetero) is 2. The van der Waals surface area contributed by atoms with Gasteiger partial charge in [0, 0.05) is 72.4 Å². The molecule has 2 aliphatic rings. The van der Waals surface area contributed by atoms with Gasteiger partial charge in [-0.3, -0.25) is 24.0 Å². The molecule has 0 saturated carbocycles. The van der Waals surface area contributed by atoms with Crippen molar-refractivity contribution in [3.63, 3.8) is 0 Å². The molecule has 1 aliphatic carbocycles. The van der Waals surface area contributed by atoms with Gasteiger partial charge in [-0.25, -0.2) is 9.59 Å². The maximum atomic E-state index is 12.6. The van der Waals surface area contributed by atoms with Crippen LogP contribution < -0.4 is 21.8 Å². The zero-order valence-corrected chi connectivity index (χ0v) is 37.6. The number of thiocarbonyl (C=S) groups is 1. The molecule has 66 heavy (non-hydrogen) atoms. The van der Waals surface area contributed by atoms with Crippen LogP contribution in [0.4, 0.5) is 5.69 Å². The lowest BCUT2D eigenvalue weighted by molar-refractivity contribution is -0.144. The van der Waals surface area contributed by atoms with Gasteiger partial charge < -0.3 is 60.2 Å². The van der Waals surface area contributed by atoms with Crippen molar-refractivity contribution in [1.82, 2.24) is 5.32 Å². The van der Waals surface area contributed by atoms with Crippen molar-refractivity contribution < 1.29 is 72.6 Å². The van der Waals surface area contributed by atoms with E-state index in [1.807, 2.05) is 0 Å². The quantitative estimate of drug-likeness (QED) is 0.0152. The molecule has 19 nitrogen and oxygen atoms in total. The van der Waals surface area contributed by atoms with Crippen LogP contribution >= 0.6 is 24.8 Å². The van der Waals surface area contributed by atoms with Gasteiger partial charge in [-0.2, -0.15) is 12.6 Å². The summed E-state index contributed by atoms with van der Waals surface area (Å²) in [6, 6.07) is 11.2. The average molecular weight is 956 g/mol. The van der Waals surface area contributed by atoms with Crippen LogP contribution in [0.2, 0.25) is 0 Å². The summed E-state index contributed by atoms with van der Waals surface area (Å²) < 4.78 is 27.9. The zero-order valence-electron chi connectivity index (χ0n) is 35.9. The number of anilines is 1. The molecule has 8 N–H and O–H groups in total. The number of phenols is 1. The van der Waals surface area contributed by atoms with Crippen molar-refractivity contribution in [3.8, 4) is 28.2 Å². The molecule has 0 radical (unpaired) electrons. The maximum Gasteiger partial charge on any atom is 0.336 e. The van der Waals surface area contributed by atoms with Crippen LogP contribution in [0, 0.1) is 5.92 Å². The van der Waals surface area contributed by atoms with Gasteiger partial charge in [0.2, 0.25) is 5.91 Å². The highest BCUT2D eigenvalue weighted by atomic mass is 32.1. The Morgan fingerprint density at radius 3 is 2.06 bits per heavy atom. The molecule has 1 aliphatic heterocycles. The topological polar surface area (TPSA) is 301 Å². The fourth-order valence-electron chi connectivity index (χ4n) is 6.61. The first-order chi connectivity index (χ1) is 31.6. The Hall–Kier alpha value is -5.81. The van der Waals surface area contributed by atoms with Crippen LogP contribution in [0.25, 0.3) is 33.4 Å². The van der Waals surface area contributed by atoms with E-state index in [0.717, 1.165) is 0 Å². The summed E-state index contributed by atoms with van der Waals surface area (Å²) in [5, 5.41) is 44.3. The molecule has 356 valence electrons. The molecule has 0 aromatic heterocycles. The average Bonchev–Trinajstić information content (AvgIpc) is 3.27. The lowest BCUT2D eigenvalue weighted by atomic mass is 9.90. The molecule has 4 rings (SSSR count). The number of carboxylic acids is 3. The second kappa shape index (κ2) is 27.0. The molecule has 0 fully saturated rings. The van der Waals surface area contributed by atoms with Crippen LogP contribution in [-0.2, 0) is 42.9 Å². The van der Waals surface area contributed by atoms with E-state index in [9.17, 15) is 43.8 Å². The number of ketones is 2. The van der Waals surface area contributed by atoms with Gasteiger partial charge in [-0.15, -0.1) is 0 Å². The number of rotatable bonds is 31. The Bertz CT molecular complexity index is 2370. The monoisotopic (exact) mass is 955 g/mol. The van der Waals surface area contributed by atoms with Crippen molar-refractivity contribution in [1.29, 1.82) is 0 Å². The lowest BCUT2D eigenvalue weighted by Gasteiger charge is -2.19.